The Balaban J connectivity index is 0.000000477. The van der Waals surface area contributed by atoms with Crippen molar-refractivity contribution >= 4 is 11.4 Å². The zero-order valence-corrected chi connectivity index (χ0v) is 17.3. The number of aliphatic hydroxyl groups excluding tert-OH is 1. The molecule has 2 aromatic rings. The smallest absolute Gasteiger partial charge is 0.279 e. The van der Waals surface area contributed by atoms with Crippen molar-refractivity contribution in [2.24, 2.45) is 5.73 Å². The number of nitro benzene ring substituents is 2. The van der Waals surface area contributed by atoms with Crippen LogP contribution in [-0.4, -0.2) is 53.1 Å². The molecule has 9 nitrogen and oxygen atoms in total. The number of rotatable bonds is 6. The van der Waals surface area contributed by atoms with Gasteiger partial charge in [-0.3, -0.25) is 20.2 Å². The summed E-state index contributed by atoms with van der Waals surface area (Å²) in [6.07, 6.45) is 0.957. The van der Waals surface area contributed by atoms with E-state index < -0.39 is 9.85 Å². The number of nitrogens with two attached hydrogens (primary N) is 1. The van der Waals surface area contributed by atoms with Crippen molar-refractivity contribution in [3.8, 4) is 0 Å². The predicted octanol–water partition coefficient (Wildman–Crippen LogP) is 2.93. The van der Waals surface area contributed by atoms with Gasteiger partial charge in [0, 0.05) is 30.8 Å². The lowest BCUT2D eigenvalue weighted by Crippen LogP contribution is -2.34. The molecule has 0 aliphatic rings. The van der Waals surface area contributed by atoms with E-state index in [9.17, 15) is 20.2 Å². The number of hydrogen-bond acceptors (Lipinski definition) is 7. The molecule has 160 valence electrons. The van der Waals surface area contributed by atoms with Crippen LogP contribution in [0, 0.1) is 27.2 Å². The van der Waals surface area contributed by atoms with Crippen LogP contribution in [0.2, 0.25) is 0 Å². The average molecular weight is 406 g/mol. The van der Waals surface area contributed by atoms with E-state index in [1.165, 1.54) is 24.6 Å². The van der Waals surface area contributed by atoms with Crippen LogP contribution in [0.3, 0.4) is 0 Å². The third kappa shape index (κ3) is 11.5. The Kier molecular flexibility index (Phi) is 12.8. The van der Waals surface area contributed by atoms with Crippen molar-refractivity contribution in [1.82, 2.24) is 4.90 Å². The van der Waals surface area contributed by atoms with Gasteiger partial charge in [-0.2, -0.15) is 0 Å². The van der Waals surface area contributed by atoms with Crippen LogP contribution in [0.1, 0.15) is 18.1 Å². The molecule has 1 unspecified atom stereocenters. The molecule has 0 saturated carbocycles. The van der Waals surface area contributed by atoms with Gasteiger partial charge in [0.15, 0.2) is 0 Å². The largest absolute Gasteiger partial charge is 0.397 e. The van der Waals surface area contributed by atoms with E-state index in [0.717, 1.165) is 19.0 Å². The van der Waals surface area contributed by atoms with E-state index in [-0.39, 0.29) is 24.0 Å². The molecule has 3 N–H and O–H groups in total. The fourth-order valence-electron chi connectivity index (χ4n) is 2.36. The Morgan fingerprint density at radius 2 is 1.62 bits per heavy atom. The van der Waals surface area contributed by atoms with Crippen LogP contribution in [0.15, 0.2) is 48.5 Å². The standard InChI is InChI=1S/C11H18N2.C7H6N2O4.C2H6O/c1-13(2)9-11(12)8-10-6-4-3-5-7-10;1-5-2-3-6(8(10)11)4-7(5)9(12)13;1-2-3/h3-7,11H,8-9,12H2,1-2H3;2-4H,1H3;3H,2H2,1H3. The van der Waals surface area contributed by atoms with Crippen LogP contribution in [0.5, 0.6) is 0 Å². The van der Waals surface area contributed by atoms with Gasteiger partial charge in [-0.25, -0.2) is 0 Å². The molecule has 0 fully saturated rings. The van der Waals surface area contributed by atoms with Gasteiger partial charge >= 0.3 is 0 Å². The van der Waals surface area contributed by atoms with Crippen LogP contribution < -0.4 is 5.73 Å². The topological polar surface area (TPSA) is 136 Å². The summed E-state index contributed by atoms with van der Waals surface area (Å²) in [5.74, 6) is 0. The maximum atomic E-state index is 10.4. The molecule has 9 heteroatoms. The minimum Gasteiger partial charge on any atom is -0.397 e. The number of benzene rings is 2. The van der Waals surface area contributed by atoms with Crippen molar-refractivity contribution < 1.29 is 15.0 Å². The number of aliphatic hydroxyl groups is 1. The molecule has 0 saturated heterocycles. The monoisotopic (exact) mass is 406 g/mol. The molecular weight excluding hydrogens is 376 g/mol. The minimum absolute atomic E-state index is 0.228. The Labute approximate surface area is 171 Å². The second kappa shape index (κ2) is 14.2. The highest BCUT2D eigenvalue weighted by molar-refractivity contribution is 5.48. The predicted molar refractivity (Wildman–Crippen MR) is 114 cm³/mol. The Bertz CT molecular complexity index is 754. The number of non-ortho nitro benzene ring substituents is 1. The molecule has 0 amide bonds. The molecule has 0 spiro atoms. The third-order valence-electron chi connectivity index (χ3n) is 3.54. The molecule has 0 radical (unpaired) electrons. The van der Waals surface area contributed by atoms with Gasteiger partial charge in [-0.1, -0.05) is 30.3 Å². The summed E-state index contributed by atoms with van der Waals surface area (Å²) in [6.45, 7) is 4.40. The lowest BCUT2D eigenvalue weighted by molar-refractivity contribution is -0.394. The molecule has 2 rings (SSSR count). The van der Waals surface area contributed by atoms with Crippen LogP contribution in [0.25, 0.3) is 0 Å². The minimum atomic E-state index is -0.660. The van der Waals surface area contributed by atoms with E-state index in [4.69, 9.17) is 10.8 Å². The van der Waals surface area contributed by atoms with Crippen molar-refractivity contribution in [3.63, 3.8) is 0 Å². The van der Waals surface area contributed by atoms with Crippen LogP contribution in [0.4, 0.5) is 11.4 Å². The van der Waals surface area contributed by atoms with Crippen molar-refractivity contribution in [2.45, 2.75) is 26.3 Å². The lowest BCUT2D eigenvalue weighted by atomic mass is 10.1. The second-order valence-corrected chi connectivity index (χ2v) is 6.51. The van der Waals surface area contributed by atoms with E-state index in [2.05, 4.69) is 29.2 Å². The third-order valence-corrected chi connectivity index (χ3v) is 3.54. The molecule has 1 atom stereocenters. The van der Waals surface area contributed by atoms with Gasteiger partial charge in [-0.15, -0.1) is 0 Å². The molecular formula is C20H30N4O5. The highest BCUT2D eigenvalue weighted by atomic mass is 16.6. The maximum Gasteiger partial charge on any atom is 0.279 e. The normalized spacial score (nSPS) is 10.9. The van der Waals surface area contributed by atoms with E-state index in [1.807, 2.05) is 20.2 Å². The Hall–Kier alpha value is -2.88. The van der Waals surface area contributed by atoms with Gasteiger partial charge in [0.1, 0.15) is 0 Å². The van der Waals surface area contributed by atoms with E-state index in [0.29, 0.717) is 5.56 Å². The molecule has 0 aliphatic carbocycles. The first-order valence-corrected chi connectivity index (χ1v) is 9.06. The number of likely N-dealkylation sites (N-methyl/N-ethyl adjacent to an activating group) is 1. The van der Waals surface area contributed by atoms with Gasteiger partial charge in [0.05, 0.1) is 15.9 Å². The fourth-order valence-corrected chi connectivity index (χ4v) is 2.36. The summed E-state index contributed by atoms with van der Waals surface area (Å²) in [7, 11) is 4.09. The maximum absolute atomic E-state index is 10.4. The van der Waals surface area contributed by atoms with Crippen molar-refractivity contribution in [3.05, 3.63) is 79.9 Å². The highest BCUT2D eigenvalue weighted by Crippen LogP contribution is 2.23. The SMILES string of the molecule is CCO.CN(C)CC(N)Cc1ccccc1.Cc1ccc([N+](=O)[O-])cc1[N+](=O)[O-]. The highest BCUT2D eigenvalue weighted by Gasteiger charge is 2.15. The molecule has 2 aromatic carbocycles. The molecule has 0 heterocycles. The Morgan fingerprint density at radius 1 is 1.07 bits per heavy atom. The first kappa shape index (κ1) is 26.1. The number of nitro groups is 2. The van der Waals surface area contributed by atoms with Crippen molar-refractivity contribution in [1.29, 1.82) is 0 Å². The summed E-state index contributed by atoms with van der Waals surface area (Å²) in [6, 6.07) is 14.2. The molecule has 0 aromatic heterocycles. The summed E-state index contributed by atoms with van der Waals surface area (Å²) < 4.78 is 0. The lowest BCUT2D eigenvalue weighted by Gasteiger charge is -2.16. The van der Waals surface area contributed by atoms with Crippen LogP contribution >= 0.6 is 0 Å². The summed E-state index contributed by atoms with van der Waals surface area (Å²) >= 11 is 0. The summed E-state index contributed by atoms with van der Waals surface area (Å²) in [5.41, 5.74) is 7.20. The summed E-state index contributed by atoms with van der Waals surface area (Å²) in [5, 5.41) is 28.2. The summed E-state index contributed by atoms with van der Waals surface area (Å²) in [4.78, 5) is 21.5. The molecule has 29 heavy (non-hydrogen) atoms. The molecule has 0 aliphatic heterocycles. The van der Waals surface area contributed by atoms with Gasteiger partial charge < -0.3 is 15.7 Å². The first-order valence-electron chi connectivity index (χ1n) is 9.06. The number of nitrogens with zero attached hydrogens (tertiary/aromatic N) is 3. The zero-order chi connectivity index (χ0) is 22.4. The van der Waals surface area contributed by atoms with Crippen molar-refractivity contribution in [2.75, 3.05) is 27.2 Å². The zero-order valence-electron chi connectivity index (χ0n) is 17.3. The average Bonchev–Trinajstić information content (AvgIpc) is 2.63. The van der Waals surface area contributed by atoms with Crippen LogP contribution in [-0.2, 0) is 6.42 Å². The quantitative estimate of drug-likeness (QED) is 0.556. The number of hydrogen-bond donors (Lipinski definition) is 2. The van der Waals surface area contributed by atoms with Gasteiger partial charge in [0.25, 0.3) is 11.4 Å². The molecule has 0 bridgehead atoms. The van der Waals surface area contributed by atoms with Gasteiger partial charge in [0.2, 0.25) is 0 Å². The first-order chi connectivity index (χ1) is 13.6. The Morgan fingerprint density at radius 3 is 2.07 bits per heavy atom. The van der Waals surface area contributed by atoms with E-state index in [1.54, 1.807) is 6.92 Å². The fraction of sp³-hybridized carbons (Fsp3) is 0.400. The number of aryl methyl sites for hydroxylation is 1. The second-order valence-electron chi connectivity index (χ2n) is 6.51. The van der Waals surface area contributed by atoms with Gasteiger partial charge in [-0.05, 0) is 46.0 Å². The van der Waals surface area contributed by atoms with E-state index >= 15 is 0 Å².